The van der Waals surface area contributed by atoms with Crippen molar-refractivity contribution < 1.29 is 9.13 Å². The van der Waals surface area contributed by atoms with E-state index in [2.05, 4.69) is 22.0 Å². The third-order valence-corrected chi connectivity index (χ3v) is 3.03. The second kappa shape index (κ2) is 5.65. The van der Waals surface area contributed by atoms with Crippen LogP contribution >= 0.6 is 15.9 Å². The van der Waals surface area contributed by atoms with Gasteiger partial charge in [0, 0.05) is 5.56 Å². The molecule has 2 aromatic carbocycles. The van der Waals surface area contributed by atoms with E-state index < -0.39 is 0 Å². The predicted molar refractivity (Wildman–Crippen MR) is 69.6 cm³/mol. The topological polar surface area (TPSA) is 33.0 Å². The average Bonchev–Trinajstić information content (AvgIpc) is 2.40. The Morgan fingerprint density at radius 2 is 2.00 bits per heavy atom. The summed E-state index contributed by atoms with van der Waals surface area (Å²) in [6.45, 7) is 0.280. The first-order chi connectivity index (χ1) is 8.70. The zero-order chi connectivity index (χ0) is 13.0. The van der Waals surface area contributed by atoms with E-state index in [0.29, 0.717) is 15.8 Å². The second-order valence-electron chi connectivity index (χ2n) is 3.63. The van der Waals surface area contributed by atoms with Crippen LogP contribution in [0.15, 0.2) is 46.9 Å². The summed E-state index contributed by atoms with van der Waals surface area (Å²) >= 11 is 3.09. The maximum absolute atomic E-state index is 13.0. The van der Waals surface area contributed by atoms with Gasteiger partial charge < -0.3 is 4.74 Å². The van der Waals surface area contributed by atoms with Crippen LogP contribution in [0.1, 0.15) is 11.1 Å². The minimum Gasteiger partial charge on any atom is -0.489 e. The summed E-state index contributed by atoms with van der Waals surface area (Å²) in [7, 11) is 0. The molecule has 4 heteroatoms. The summed E-state index contributed by atoms with van der Waals surface area (Å²) in [6.07, 6.45) is 0. The van der Waals surface area contributed by atoms with Crippen LogP contribution in [0.25, 0.3) is 0 Å². The maximum Gasteiger partial charge on any atom is 0.137 e. The van der Waals surface area contributed by atoms with Gasteiger partial charge in [-0.2, -0.15) is 5.26 Å². The van der Waals surface area contributed by atoms with Gasteiger partial charge in [0.25, 0.3) is 0 Å². The maximum atomic E-state index is 13.0. The summed E-state index contributed by atoms with van der Waals surface area (Å²) in [5.41, 5.74) is 1.39. The molecule has 0 aromatic heterocycles. The minimum atomic E-state index is -0.334. The minimum absolute atomic E-state index is 0.280. The molecule has 0 amide bonds. The summed E-state index contributed by atoms with van der Waals surface area (Å²) in [4.78, 5) is 0. The van der Waals surface area contributed by atoms with Gasteiger partial charge in [0.15, 0.2) is 0 Å². The quantitative estimate of drug-likeness (QED) is 0.857. The molecule has 0 aliphatic heterocycles. The highest BCUT2D eigenvalue weighted by Gasteiger charge is 2.04. The highest BCUT2D eigenvalue weighted by molar-refractivity contribution is 9.10. The number of hydrogen-bond donors (Lipinski definition) is 0. The molecule has 0 radical (unpaired) electrons. The molecule has 0 N–H and O–H groups in total. The van der Waals surface area contributed by atoms with Gasteiger partial charge in [-0.05, 0) is 40.2 Å². The van der Waals surface area contributed by atoms with Gasteiger partial charge in [0.05, 0.1) is 16.1 Å². The monoisotopic (exact) mass is 305 g/mol. The summed E-state index contributed by atoms with van der Waals surface area (Å²) in [5, 5.41) is 8.93. The number of nitrogens with zero attached hydrogens (tertiary/aromatic N) is 1. The fourth-order valence-corrected chi connectivity index (χ4v) is 1.84. The molecule has 0 bridgehead atoms. The van der Waals surface area contributed by atoms with E-state index in [1.54, 1.807) is 24.3 Å². The van der Waals surface area contributed by atoms with Gasteiger partial charge >= 0.3 is 0 Å². The lowest BCUT2D eigenvalue weighted by molar-refractivity contribution is 0.305. The Balaban J connectivity index is 2.12. The molecule has 0 saturated heterocycles. The van der Waals surface area contributed by atoms with E-state index in [4.69, 9.17) is 10.00 Å². The Hall–Kier alpha value is -1.86. The normalized spacial score (nSPS) is 9.83. The fraction of sp³-hybridized carbons (Fsp3) is 0.0714. The molecule has 0 aliphatic carbocycles. The molecule has 2 nitrogen and oxygen atoms in total. The van der Waals surface area contributed by atoms with E-state index >= 15 is 0 Å². The van der Waals surface area contributed by atoms with Crippen LogP contribution in [-0.2, 0) is 6.61 Å². The van der Waals surface area contributed by atoms with E-state index in [-0.39, 0.29) is 12.4 Å². The first-order valence-corrected chi connectivity index (χ1v) is 6.06. The third kappa shape index (κ3) is 2.88. The smallest absolute Gasteiger partial charge is 0.137 e. The lowest BCUT2D eigenvalue weighted by atomic mass is 10.1. The highest BCUT2D eigenvalue weighted by Crippen LogP contribution is 2.22. The largest absolute Gasteiger partial charge is 0.489 e. The number of rotatable bonds is 3. The van der Waals surface area contributed by atoms with Crippen LogP contribution in [0.3, 0.4) is 0 Å². The van der Waals surface area contributed by atoms with Crippen molar-refractivity contribution in [3.05, 3.63) is 63.9 Å². The Labute approximate surface area is 113 Å². The van der Waals surface area contributed by atoms with Gasteiger partial charge in [0.1, 0.15) is 18.2 Å². The van der Waals surface area contributed by atoms with Crippen LogP contribution in [0.5, 0.6) is 5.75 Å². The van der Waals surface area contributed by atoms with E-state index in [1.165, 1.54) is 6.07 Å². The summed E-state index contributed by atoms with van der Waals surface area (Å²) < 4.78 is 18.9. The summed E-state index contributed by atoms with van der Waals surface area (Å²) in [5.74, 6) is 0.218. The first kappa shape index (κ1) is 12.6. The van der Waals surface area contributed by atoms with Crippen molar-refractivity contribution in [1.29, 1.82) is 5.26 Å². The van der Waals surface area contributed by atoms with Gasteiger partial charge in [0.2, 0.25) is 0 Å². The zero-order valence-electron chi connectivity index (χ0n) is 9.36. The second-order valence-corrected chi connectivity index (χ2v) is 4.49. The van der Waals surface area contributed by atoms with E-state index in [1.807, 2.05) is 12.1 Å². The van der Waals surface area contributed by atoms with Crippen molar-refractivity contribution in [2.45, 2.75) is 6.61 Å². The number of nitriles is 1. The molecule has 0 unspecified atom stereocenters. The molecular weight excluding hydrogens is 297 g/mol. The van der Waals surface area contributed by atoms with Crippen molar-refractivity contribution in [2.24, 2.45) is 0 Å². The van der Waals surface area contributed by atoms with Gasteiger partial charge in [-0.25, -0.2) is 4.39 Å². The molecule has 0 saturated carbocycles. The number of benzene rings is 2. The average molecular weight is 306 g/mol. The molecule has 90 valence electrons. The zero-order valence-corrected chi connectivity index (χ0v) is 10.9. The van der Waals surface area contributed by atoms with Crippen molar-refractivity contribution in [3.63, 3.8) is 0 Å². The van der Waals surface area contributed by atoms with Crippen molar-refractivity contribution >= 4 is 15.9 Å². The Morgan fingerprint density at radius 3 is 2.72 bits per heavy atom. The van der Waals surface area contributed by atoms with Crippen LogP contribution in [0.4, 0.5) is 4.39 Å². The standard InChI is InChI=1S/C14H9BrFNO/c15-13-7-12(5-6-14(13)16)18-9-11-4-2-1-3-10(11)8-17/h1-7H,9H2. The van der Waals surface area contributed by atoms with E-state index in [9.17, 15) is 4.39 Å². The SMILES string of the molecule is N#Cc1ccccc1COc1ccc(F)c(Br)c1. The Kier molecular flexibility index (Phi) is 3.96. The molecule has 0 heterocycles. The van der Waals surface area contributed by atoms with Crippen molar-refractivity contribution in [1.82, 2.24) is 0 Å². The lowest BCUT2D eigenvalue weighted by Crippen LogP contribution is -1.98. The molecule has 0 atom stereocenters. The lowest BCUT2D eigenvalue weighted by Gasteiger charge is -2.08. The highest BCUT2D eigenvalue weighted by atomic mass is 79.9. The number of ether oxygens (including phenoxy) is 1. The molecule has 18 heavy (non-hydrogen) atoms. The van der Waals surface area contributed by atoms with Crippen LogP contribution < -0.4 is 4.74 Å². The fourth-order valence-electron chi connectivity index (χ4n) is 1.48. The van der Waals surface area contributed by atoms with Gasteiger partial charge in [-0.15, -0.1) is 0 Å². The number of halogens is 2. The van der Waals surface area contributed by atoms with Crippen molar-refractivity contribution in [3.8, 4) is 11.8 Å². The van der Waals surface area contributed by atoms with Gasteiger partial charge in [-0.1, -0.05) is 18.2 Å². The van der Waals surface area contributed by atoms with Crippen LogP contribution in [0, 0.1) is 17.1 Å². The molecule has 0 spiro atoms. The molecule has 2 rings (SSSR count). The molecule has 0 aliphatic rings. The van der Waals surface area contributed by atoms with Gasteiger partial charge in [-0.3, -0.25) is 0 Å². The molecule has 2 aromatic rings. The Morgan fingerprint density at radius 1 is 1.22 bits per heavy atom. The summed E-state index contributed by atoms with van der Waals surface area (Å²) in [6, 6.07) is 13.8. The molecular formula is C14H9BrFNO. The van der Waals surface area contributed by atoms with Crippen LogP contribution in [-0.4, -0.2) is 0 Å². The third-order valence-electron chi connectivity index (χ3n) is 2.42. The van der Waals surface area contributed by atoms with Crippen LogP contribution in [0.2, 0.25) is 0 Å². The predicted octanol–water partition coefficient (Wildman–Crippen LogP) is 4.04. The Bertz CT molecular complexity index is 607. The first-order valence-electron chi connectivity index (χ1n) is 5.26. The van der Waals surface area contributed by atoms with E-state index in [0.717, 1.165) is 5.56 Å². The number of hydrogen-bond acceptors (Lipinski definition) is 2. The molecule has 0 fully saturated rings. The van der Waals surface area contributed by atoms with Crippen molar-refractivity contribution in [2.75, 3.05) is 0 Å².